The van der Waals surface area contributed by atoms with Gasteiger partial charge in [-0.1, -0.05) is 6.92 Å². The first kappa shape index (κ1) is 10.8. The van der Waals surface area contributed by atoms with Gasteiger partial charge in [0.1, 0.15) is 0 Å². The standard InChI is InChI=1S/C9H16F3N/c1-7-4-3-5-13(8(7)2)6-9(10,11)12/h7-8H,3-6H2,1-2H3/t7-,8+/m0/s1. The van der Waals surface area contributed by atoms with E-state index in [0.29, 0.717) is 12.5 Å². The van der Waals surface area contributed by atoms with Crippen molar-refractivity contribution in [2.45, 2.75) is 38.9 Å². The maximum atomic E-state index is 12.1. The summed E-state index contributed by atoms with van der Waals surface area (Å²) >= 11 is 0. The second kappa shape index (κ2) is 3.86. The lowest BCUT2D eigenvalue weighted by atomic mass is 9.92. The molecule has 0 spiro atoms. The lowest BCUT2D eigenvalue weighted by Crippen LogP contribution is -2.46. The molecule has 1 fully saturated rings. The van der Waals surface area contributed by atoms with Crippen LogP contribution in [0.25, 0.3) is 0 Å². The average molecular weight is 195 g/mol. The van der Waals surface area contributed by atoms with Gasteiger partial charge in [0.15, 0.2) is 0 Å². The van der Waals surface area contributed by atoms with Crippen LogP contribution < -0.4 is 0 Å². The molecule has 1 heterocycles. The van der Waals surface area contributed by atoms with Crippen LogP contribution in [0.4, 0.5) is 13.2 Å². The Labute approximate surface area is 76.9 Å². The molecule has 0 radical (unpaired) electrons. The molecule has 1 aliphatic heterocycles. The lowest BCUT2D eigenvalue weighted by molar-refractivity contribution is -0.155. The Morgan fingerprint density at radius 3 is 2.46 bits per heavy atom. The molecule has 2 atom stereocenters. The van der Waals surface area contributed by atoms with Gasteiger partial charge in [-0.05, 0) is 32.2 Å². The topological polar surface area (TPSA) is 3.24 Å². The maximum Gasteiger partial charge on any atom is 0.401 e. The number of rotatable bonds is 1. The number of hydrogen-bond acceptors (Lipinski definition) is 1. The van der Waals surface area contributed by atoms with Crippen LogP contribution in [-0.4, -0.2) is 30.2 Å². The Morgan fingerprint density at radius 1 is 1.31 bits per heavy atom. The zero-order chi connectivity index (χ0) is 10.1. The van der Waals surface area contributed by atoms with Crippen molar-refractivity contribution >= 4 is 0 Å². The van der Waals surface area contributed by atoms with Crippen LogP contribution in [0.15, 0.2) is 0 Å². The molecule has 0 saturated carbocycles. The number of likely N-dealkylation sites (tertiary alicyclic amines) is 1. The Hall–Kier alpha value is -0.250. The van der Waals surface area contributed by atoms with Gasteiger partial charge in [-0.25, -0.2) is 0 Å². The van der Waals surface area contributed by atoms with Crippen LogP contribution in [0.5, 0.6) is 0 Å². The minimum Gasteiger partial charge on any atom is -0.292 e. The summed E-state index contributed by atoms with van der Waals surface area (Å²) in [6.45, 7) is 3.74. The molecule has 0 bridgehead atoms. The maximum absolute atomic E-state index is 12.1. The molecule has 78 valence electrons. The smallest absolute Gasteiger partial charge is 0.292 e. The summed E-state index contributed by atoms with van der Waals surface area (Å²) in [5.74, 6) is 0.385. The molecule has 0 aromatic rings. The molecule has 0 aromatic carbocycles. The predicted octanol–water partition coefficient (Wildman–Crippen LogP) is 2.67. The largest absolute Gasteiger partial charge is 0.401 e. The van der Waals surface area contributed by atoms with Gasteiger partial charge in [0, 0.05) is 6.04 Å². The van der Waals surface area contributed by atoms with E-state index >= 15 is 0 Å². The lowest BCUT2D eigenvalue weighted by Gasteiger charge is -2.38. The zero-order valence-corrected chi connectivity index (χ0v) is 8.06. The van der Waals surface area contributed by atoms with Gasteiger partial charge < -0.3 is 0 Å². The molecule has 13 heavy (non-hydrogen) atoms. The van der Waals surface area contributed by atoms with E-state index in [-0.39, 0.29) is 6.04 Å². The SMILES string of the molecule is C[C@@H]1[C@@H](C)CCCN1CC(F)(F)F. The molecule has 1 nitrogen and oxygen atoms in total. The van der Waals surface area contributed by atoms with Crippen molar-refractivity contribution in [3.8, 4) is 0 Å². The summed E-state index contributed by atoms with van der Waals surface area (Å²) in [4.78, 5) is 1.54. The Bertz CT molecular complexity index is 167. The van der Waals surface area contributed by atoms with Gasteiger partial charge in [-0.3, -0.25) is 4.90 Å². The van der Waals surface area contributed by atoms with Crippen molar-refractivity contribution in [2.75, 3.05) is 13.1 Å². The predicted molar refractivity (Wildman–Crippen MR) is 45.5 cm³/mol. The van der Waals surface area contributed by atoms with Crippen LogP contribution in [-0.2, 0) is 0 Å². The summed E-state index contributed by atoms with van der Waals surface area (Å²) in [6, 6.07) is 0.0652. The average Bonchev–Trinajstić information content (AvgIpc) is 1.96. The molecule has 0 amide bonds. The second-order valence-corrected chi connectivity index (χ2v) is 3.95. The molecule has 4 heteroatoms. The quantitative estimate of drug-likeness (QED) is 0.621. The van der Waals surface area contributed by atoms with Crippen molar-refractivity contribution < 1.29 is 13.2 Å². The van der Waals surface area contributed by atoms with E-state index in [4.69, 9.17) is 0 Å². The highest BCUT2D eigenvalue weighted by molar-refractivity contribution is 4.79. The highest BCUT2D eigenvalue weighted by Gasteiger charge is 2.35. The summed E-state index contributed by atoms with van der Waals surface area (Å²) in [6.07, 6.45) is -2.11. The number of piperidine rings is 1. The van der Waals surface area contributed by atoms with Crippen LogP contribution in [0.1, 0.15) is 26.7 Å². The Kier molecular flexibility index (Phi) is 3.22. The second-order valence-electron chi connectivity index (χ2n) is 3.95. The van der Waals surface area contributed by atoms with Crippen LogP contribution in [0.2, 0.25) is 0 Å². The molecule has 1 aliphatic rings. The first-order valence-corrected chi connectivity index (χ1v) is 4.71. The minimum absolute atomic E-state index is 0.0652. The van der Waals surface area contributed by atoms with Crippen molar-refractivity contribution in [2.24, 2.45) is 5.92 Å². The van der Waals surface area contributed by atoms with Gasteiger partial charge in [0.05, 0.1) is 6.54 Å². The van der Waals surface area contributed by atoms with Crippen molar-refractivity contribution in [1.29, 1.82) is 0 Å². The molecule has 0 unspecified atom stereocenters. The molecular weight excluding hydrogens is 179 g/mol. The Balaban J connectivity index is 2.49. The summed E-state index contributed by atoms with van der Waals surface area (Å²) in [7, 11) is 0. The van der Waals surface area contributed by atoms with E-state index in [2.05, 4.69) is 0 Å². The van der Waals surface area contributed by atoms with E-state index in [1.165, 1.54) is 4.90 Å². The molecular formula is C9H16F3N. The van der Waals surface area contributed by atoms with Crippen molar-refractivity contribution in [1.82, 2.24) is 4.90 Å². The van der Waals surface area contributed by atoms with E-state index in [0.717, 1.165) is 12.8 Å². The number of nitrogens with zero attached hydrogens (tertiary/aromatic N) is 1. The number of alkyl halides is 3. The molecule has 0 aromatic heterocycles. The zero-order valence-electron chi connectivity index (χ0n) is 8.06. The fraction of sp³-hybridized carbons (Fsp3) is 1.00. The van der Waals surface area contributed by atoms with Gasteiger partial charge in [0.25, 0.3) is 0 Å². The highest BCUT2D eigenvalue weighted by Crippen LogP contribution is 2.26. The third-order valence-electron chi connectivity index (χ3n) is 2.89. The summed E-state index contributed by atoms with van der Waals surface area (Å²) in [5, 5.41) is 0. The van der Waals surface area contributed by atoms with Gasteiger partial charge in [-0.15, -0.1) is 0 Å². The van der Waals surface area contributed by atoms with Gasteiger partial charge in [-0.2, -0.15) is 13.2 Å². The minimum atomic E-state index is -4.05. The first-order valence-electron chi connectivity index (χ1n) is 4.71. The van der Waals surface area contributed by atoms with Crippen molar-refractivity contribution in [3.63, 3.8) is 0 Å². The fourth-order valence-electron chi connectivity index (χ4n) is 1.87. The molecule has 1 rings (SSSR count). The molecule has 1 saturated heterocycles. The van der Waals surface area contributed by atoms with E-state index in [9.17, 15) is 13.2 Å². The number of halogens is 3. The highest BCUT2D eigenvalue weighted by atomic mass is 19.4. The number of hydrogen-bond donors (Lipinski definition) is 0. The van der Waals surface area contributed by atoms with E-state index in [1.54, 1.807) is 0 Å². The molecule has 0 N–H and O–H groups in total. The third kappa shape index (κ3) is 3.18. The van der Waals surface area contributed by atoms with Crippen LogP contribution >= 0.6 is 0 Å². The van der Waals surface area contributed by atoms with Gasteiger partial charge >= 0.3 is 6.18 Å². The fourth-order valence-corrected chi connectivity index (χ4v) is 1.87. The van der Waals surface area contributed by atoms with Crippen LogP contribution in [0, 0.1) is 5.92 Å². The van der Waals surface area contributed by atoms with Gasteiger partial charge in [0.2, 0.25) is 0 Å². The first-order chi connectivity index (χ1) is 5.90. The normalized spacial score (nSPS) is 32.1. The van der Waals surface area contributed by atoms with E-state index in [1.807, 2.05) is 13.8 Å². The molecule has 0 aliphatic carbocycles. The van der Waals surface area contributed by atoms with E-state index < -0.39 is 12.7 Å². The van der Waals surface area contributed by atoms with Crippen LogP contribution in [0.3, 0.4) is 0 Å². The van der Waals surface area contributed by atoms with Crippen molar-refractivity contribution in [3.05, 3.63) is 0 Å². The monoisotopic (exact) mass is 195 g/mol. The summed E-state index contributed by atoms with van der Waals surface area (Å²) < 4.78 is 36.3. The summed E-state index contributed by atoms with van der Waals surface area (Å²) in [5.41, 5.74) is 0. The third-order valence-corrected chi connectivity index (χ3v) is 2.89. The Morgan fingerprint density at radius 2 is 1.92 bits per heavy atom.